The molecule has 0 aromatic carbocycles. The molecular formula is C12H19N3O2S. The lowest BCUT2D eigenvalue weighted by molar-refractivity contribution is 0.597. The molecule has 2 rings (SSSR count). The molecule has 1 aromatic rings. The Labute approximate surface area is 108 Å². The first-order valence-corrected chi connectivity index (χ1v) is 7.95. The average Bonchev–Trinajstić information content (AvgIpc) is 2.50. The molecule has 1 fully saturated rings. The Kier molecular flexibility index (Phi) is 3.87. The minimum atomic E-state index is -2.89. The summed E-state index contributed by atoms with van der Waals surface area (Å²) in [6.45, 7) is 3.66. The molecule has 0 radical (unpaired) electrons. The highest BCUT2D eigenvalue weighted by Crippen LogP contribution is 2.22. The number of nitrogens with zero attached hydrogens (tertiary/aromatic N) is 2. The predicted molar refractivity (Wildman–Crippen MR) is 72.3 cm³/mol. The second-order valence-electron chi connectivity index (χ2n) is 4.63. The van der Waals surface area contributed by atoms with E-state index >= 15 is 0 Å². The smallest absolute Gasteiger partial charge is 0.152 e. The van der Waals surface area contributed by atoms with E-state index in [0.29, 0.717) is 19.5 Å². The van der Waals surface area contributed by atoms with Crippen molar-refractivity contribution in [3.63, 3.8) is 0 Å². The molecule has 6 heteroatoms. The lowest BCUT2D eigenvalue weighted by atomic mass is 10.1. The maximum absolute atomic E-state index is 11.6. The molecule has 0 spiro atoms. The molecular weight excluding hydrogens is 250 g/mol. The van der Waals surface area contributed by atoms with Crippen molar-refractivity contribution in [1.82, 2.24) is 4.98 Å². The van der Waals surface area contributed by atoms with Gasteiger partial charge in [-0.1, -0.05) is 0 Å². The molecule has 1 aromatic heterocycles. The SMILES string of the molecule is Cc1ccnc(N2CCCS(=O)(=O)CC2)c1CN. The van der Waals surface area contributed by atoms with E-state index in [1.165, 1.54) is 0 Å². The molecule has 1 aliphatic heterocycles. The van der Waals surface area contributed by atoms with Gasteiger partial charge in [-0.05, 0) is 25.0 Å². The maximum atomic E-state index is 11.6. The van der Waals surface area contributed by atoms with Crippen molar-refractivity contribution in [3.05, 3.63) is 23.4 Å². The molecule has 0 aliphatic carbocycles. The van der Waals surface area contributed by atoms with Crippen molar-refractivity contribution in [1.29, 1.82) is 0 Å². The van der Waals surface area contributed by atoms with E-state index in [9.17, 15) is 8.42 Å². The maximum Gasteiger partial charge on any atom is 0.152 e. The summed E-state index contributed by atoms with van der Waals surface area (Å²) in [5.74, 6) is 1.31. The number of hydrogen-bond acceptors (Lipinski definition) is 5. The third-order valence-electron chi connectivity index (χ3n) is 3.33. The van der Waals surface area contributed by atoms with Crippen LogP contribution >= 0.6 is 0 Å². The van der Waals surface area contributed by atoms with E-state index < -0.39 is 9.84 Å². The van der Waals surface area contributed by atoms with Crippen LogP contribution in [0.2, 0.25) is 0 Å². The fourth-order valence-corrected chi connectivity index (χ4v) is 3.52. The molecule has 0 atom stereocenters. The third-order valence-corrected chi connectivity index (χ3v) is 5.04. The first-order chi connectivity index (χ1) is 8.53. The van der Waals surface area contributed by atoms with E-state index in [1.54, 1.807) is 6.20 Å². The largest absolute Gasteiger partial charge is 0.355 e. The zero-order valence-corrected chi connectivity index (χ0v) is 11.4. The molecule has 5 nitrogen and oxygen atoms in total. The van der Waals surface area contributed by atoms with Crippen LogP contribution in [0.15, 0.2) is 12.3 Å². The van der Waals surface area contributed by atoms with Crippen LogP contribution in [-0.2, 0) is 16.4 Å². The van der Waals surface area contributed by atoms with Crippen molar-refractivity contribution < 1.29 is 8.42 Å². The van der Waals surface area contributed by atoms with Crippen LogP contribution < -0.4 is 10.6 Å². The number of aromatic nitrogens is 1. The second-order valence-corrected chi connectivity index (χ2v) is 6.93. The van der Waals surface area contributed by atoms with Crippen molar-refractivity contribution in [2.24, 2.45) is 5.73 Å². The van der Waals surface area contributed by atoms with Gasteiger partial charge in [0.05, 0.1) is 11.5 Å². The molecule has 0 amide bonds. The summed E-state index contributed by atoms with van der Waals surface area (Å²) >= 11 is 0. The number of aryl methyl sites for hydroxylation is 1. The van der Waals surface area contributed by atoms with Crippen LogP contribution in [0.1, 0.15) is 17.5 Å². The molecule has 1 saturated heterocycles. The highest BCUT2D eigenvalue weighted by molar-refractivity contribution is 7.91. The highest BCUT2D eigenvalue weighted by atomic mass is 32.2. The molecule has 2 heterocycles. The van der Waals surface area contributed by atoms with Crippen LogP contribution in [0.25, 0.3) is 0 Å². The van der Waals surface area contributed by atoms with Crippen molar-refractivity contribution in [3.8, 4) is 0 Å². The first-order valence-electron chi connectivity index (χ1n) is 6.13. The summed E-state index contributed by atoms with van der Waals surface area (Å²) in [7, 11) is -2.89. The van der Waals surface area contributed by atoms with Gasteiger partial charge in [0.15, 0.2) is 9.84 Å². The number of pyridine rings is 1. The first kappa shape index (κ1) is 13.3. The van der Waals surface area contributed by atoms with Crippen LogP contribution in [0.3, 0.4) is 0 Å². The fourth-order valence-electron chi connectivity index (χ4n) is 2.25. The van der Waals surface area contributed by atoms with Crippen molar-refractivity contribution in [2.45, 2.75) is 19.9 Å². The Morgan fingerprint density at radius 1 is 1.39 bits per heavy atom. The van der Waals surface area contributed by atoms with Gasteiger partial charge in [-0.15, -0.1) is 0 Å². The van der Waals surface area contributed by atoms with E-state index in [4.69, 9.17) is 5.73 Å². The highest BCUT2D eigenvalue weighted by Gasteiger charge is 2.21. The van der Waals surface area contributed by atoms with E-state index in [0.717, 1.165) is 23.5 Å². The molecule has 0 saturated carbocycles. The number of nitrogens with two attached hydrogens (primary N) is 1. The van der Waals surface area contributed by atoms with Gasteiger partial charge < -0.3 is 10.6 Å². The Morgan fingerprint density at radius 3 is 2.89 bits per heavy atom. The van der Waals surface area contributed by atoms with E-state index in [-0.39, 0.29) is 11.5 Å². The Morgan fingerprint density at radius 2 is 2.17 bits per heavy atom. The zero-order chi connectivity index (χ0) is 13.2. The van der Waals surface area contributed by atoms with Crippen molar-refractivity contribution >= 4 is 15.7 Å². The van der Waals surface area contributed by atoms with Gasteiger partial charge in [0.1, 0.15) is 5.82 Å². The van der Waals surface area contributed by atoms with Gasteiger partial charge in [0.2, 0.25) is 0 Å². The number of anilines is 1. The van der Waals surface area contributed by atoms with Gasteiger partial charge in [-0.25, -0.2) is 13.4 Å². The van der Waals surface area contributed by atoms with E-state index in [2.05, 4.69) is 4.98 Å². The van der Waals surface area contributed by atoms with Gasteiger partial charge >= 0.3 is 0 Å². The summed E-state index contributed by atoms with van der Waals surface area (Å²) in [6, 6.07) is 1.93. The normalized spacial score (nSPS) is 19.6. The van der Waals surface area contributed by atoms with Gasteiger partial charge in [0.25, 0.3) is 0 Å². The van der Waals surface area contributed by atoms with Crippen LogP contribution in [-0.4, -0.2) is 38.0 Å². The number of hydrogen-bond donors (Lipinski definition) is 1. The molecule has 18 heavy (non-hydrogen) atoms. The second kappa shape index (κ2) is 5.24. The minimum Gasteiger partial charge on any atom is -0.355 e. The summed E-state index contributed by atoms with van der Waals surface area (Å²) in [5.41, 5.74) is 7.88. The summed E-state index contributed by atoms with van der Waals surface area (Å²) in [6.07, 6.45) is 2.41. The molecule has 1 aliphatic rings. The Bertz CT molecular complexity index is 528. The van der Waals surface area contributed by atoms with Gasteiger partial charge in [0, 0.05) is 31.4 Å². The average molecular weight is 269 g/mol. The fraction of sp³-hybridized carbons (Fsp3) is 0.583. The van der Waals surface area contributed by atoms with Crippen LogP contribution in [0.5, 0.6) is 0 Å². The minimum absolute atomic E-state index is 0.201. The monoisotopic (exact) mass is 269 g/mol. The van der Waals surface area contributed by atoms with E-state index in [1.807, 2.05) is 17.9 Å². The third kappa shape index (κ3) is 2.81. The summed E-state index contributed by atoms with van der Waals surface area (Å²) < 4.78 is 23.2. The Balaban J connectivity index is 2.29. The molecule has 0 unspecified atom stereocenters. The number of sulfone groups is 1. The van der Waals surface area contributed by atoms with Crippen LogP contribution in [0.4, 0.5) is 5.82 Å². The lowest BCUT2D eigenvalue weighted by Gasteiger charge is -2.24. The summed E-state index contributed by atoms with van der Waals surface area (Å²) in [4.78, 5) is 6.42. The molecule has 100 valence electrons. The summed E-state index contributed by atoms with van der Waals surface area (Å²) in [5, 5.41) is 0. The number of rotatable bonds is 2. The molecule has 2 N–H and O–H groups in total. The lowest BCUT2D eigenvalue weighted by Crippen LogP contribution is -2.29. The zero-order valence-electron chi connectivity index (χ0n) is 10.6. The molecule has 0 bridgehead atoms. The van der Waals surface area contributed by atoms with Gasteiger partial charge in [-0.3, -0.25) is 0 Å². The Hall–Kier alpha value is -1.14. The van der Waals surface area contributed by atoms with Crippen molar-refractivity contribution in [2.75, 3.05) is 29.5 Å². The van der Waals surface area contributed by atoms with Crippen LogP contribution in [0, 0.1) is 6.92 Å². The van der Waals surface area contributed by atoms with Gasteiger partial charge in [-0.2, -0.15) is 0 Å². The standard InChI is InChI=1S/C12H19N3O2S/c1-10-3-4-14-12(11(10)9-13)15-5-2-7-18(16,17)8-6-15/h3-4H,2,5-9,13H2,1H3. The topological polar surface area (TPSA) is 76.3 Å². The quantitative estimate of drug-likeness (QED) is 0.845. The predicted octanol–water partition coefficient (Wildman–Crippen LogP) is 0.474.